The third-order valence-electron chi connectivity index (χ3n) is 2.58. The van der Waals surface area contributed by atoms with Crippen molar-refractivity contribution in [1.29, 1.82) is 0 Å². The summed E-state index contributed by atoms with van der Waals surface area (Å²) in [4.78, 5) is 3.87. The molecule has 0 unspecified atom stereocenters. The van der Waals surface area contributed by atoms with Crippen molar-refractivity contribution in [2.75, 3.05) is 23.7 Å². The van der Waals surface area contributed by atoms with Crippen molar-refractivity contribution in [3.8, 4) is 0 Å². The standard InChI is InChI=1S/C12H21N3O2S/c1-11(2)14-7-4-10-18(16,17)15(3)12-5-8-13-9-6-12/h5-6,8-9,11,14H,4,7,10H2,1-3H3. The van der Waals surface area contributed by atoms with Crippen molar-refractivity contribution in [2.24, 2.45) is 0 Å². The summed E-state index contributed by atoms with van der Waals surface area (Å²) < 4.78 is 25.4. The smallest absolute Gasteiger partial charge is 0.234 e. The van der Waals surface area contributed by atoms with Gasteiger partial charge in [0.2, 0.25) is 10.0 Å². The second-order valence-corrected chi connectivity index (χ2v) is 6.57. The van der Waals surface area contributed by atoms with Crippen LogP contribution in [-0.2, 0) is 10.0 Å². The van der Waals surface area contributed by atoms with E-state index in [9.17, 15) is 8.42 Å². The van der Waals surface area contributed by atoms with Gasteiger partial charge in [-0.25, -0.2) is 8.42 Å². The van der Waals surface area contributed by atoms with Crippen molar-refractivity contribution >= 4 is 15.7 Å². The number of rotatable bonds is 7. The van der Waals surface area contributed by atoms with Gasteiger partial charge in [0.25, 0.3) is 0 Å². The van der Waals surface area contributed by atoms with Crippen LogP contribution >= 0.6 is 0 Å². The number of hydrogen-bond donors (Lipinski definition) is 1. The molecule has 0 spiro atoms. The fraction of sp³-hybridized carbons (Fsp3) is 0.583. The first-order valence-corrected chi connectivity index (χ1v) is 7.64. The van der Waals surface area contributed by atoms with Gasteiger partial charge in [-0.2, -0.15) is 0 Å². The first-order chi connectivity index (χ1) is 8.43. The van der Waals surface area contributed by atoms with E-state index in [1.165, 1.54) is 4.31 Å². The molecule has 0 atom stereocenters. The van der Waals surface area contributed by atoms with Crippen LogP contribution in [0.15, 0.2) is 24.5 Å². The monoisotopic (exact) mass is 271 g/mol. The molecule has 1 rings (SSSR count). The predicted octanol–water partition coefficient (Wildman–Crippen LogP) is 1.24. The van der Waals surface area contributed by atoms with Crippen LogP contribution in [0.2, 0.25) is 0 Å². The molecule has 1 aromatic heterocycles. The molecule has 0 radical (unpaired) electrons. The van der Waals surface area contributed by atoms with Gasteiger partial charge in [0.1, 0.15) is 0 Å². The number of nitrogens with zero attached hydrogens (tertiary/aromatic N) is 2. The van der Waals surface area contributed by atoms with Crippen LogP contribution in [0.4, 0.5) is 5.69 Å². The summed E-state index contributed by atoms with van der Waals surface area (Å²) in [6.07, 6.45) is 3.78. The Labute approximate surface area is 109 Å². The molecule has 0 aliphatic heterocycles. The van der Waals surface area contributed by atoms with Crippen LogP contribution < -0.4 is 9.62 Å². The molecule has 0 bridgehead atoms. The van der Waals surface area contributed by atoms with Gasteiger partial charge >= 0.3 is 0 Å². The Morgan fingerprint density at radius 1 is 1.33 bits per heavy atom. The maximum absolute atomic E-state index is 12.1. The minimum Gasteiger partial charge on any atom is -0.314 e. The summed E-state index contributed by atoms with van der Waals surface area (Å²) >= 11 is 0. The molecular formula is C12H21N3O2S. The van der Waals surface area contributed by atoms with Gasteiger partial charge in [-0.1, -0.05) is 13.8 Å². The van der Waals surface area contributed by atoms with E-state index < -0.39 is 10.0 Å². The van der Waals surface area contributed by atoms with Crippen LogP contribution in [0.1, 0.15) is 20.3 Å². The molecule has 0 saturated heterocycles. The molecule has 0 saturated carbocycles. The Bertz CT molecular complexity index is 446. The SMILES string of the molecule is CC(C)NCCCS(=O)(=O)N(C)c1ccncc1. The third-order valence-corrected chi connectivity index (χ3v) is 4.43. The molecular weight excluding hydrogens is 250 g/mol. The molecule has 0 amide bonds. The number of aromatic nitrogens is 1. The van der Waals surface area contributed by atoms with Crippen molar-refractivity contribution in [1.82, 2.24) is 10.3 Å². The minimum atomic E-state index is -3.25. The average molecular weight is 271 g/mol. The van der Waals surface area contributed by atoms with Gasteiger partial charge in [-0.3, -0.25) is 9.29 Å². The molecule has 1 heterocycles. The van der Waals surface area contributed by atoms with Crippen LogP contribution in [0.25, 0.3) is 0 Å². The number of sulfonamides is 1. The number of hydrogen-bond acceptors (Lipinski definition) is 4. The molecule has 18 heavy (non-hydrogen) atoms. The zero-order valence-electron chi connectivity index (χ0n) is 11.1. The summed E-state index contributed by atoms with van der Waals surface area (Å²) in [6, 6.07) is 3.75. The lowest BCUT2D eigenvalue weighted by Gasteiger charge is -2.19. The highest BCUT2D eigenvalue weighted by molar-refractivity contribution is 7.92. The molecule has 1 N–H and O–H groups in total. The van der Waals surface area contributed by atoms with Crippen LogP contribution in [0.5, 0.6) is 0 Å². The quantitative estimate of drug-likeness (QED) is 0.758. The minimum absolute atomic E-state index is 0.144. The molecule has 5 nitrogen and oxygen atoms in total. The van der Waals surface area contributed by atoms with E-state index in [1.54, 1.807) is 31.6 Å². The Hall–Kier alpha value is -1.14. The lowest BCUT2D eigenvalue weighted by atomic mass is 10.4. The summed E-state index contributed by atoms with van der Waals surface area (Å²) in [5, 5.41) is 3.20. The van der Waals surface area contributed by atoms with Gasteiger partial charge in [0.05, 0.1) is 11.4 Å². The van der Waals surface area contributed by atoms with Gasteiger partial charge in [-0.05, 0) is 25.1 Å². The molecule has 1 aromatic rings. The molecule has 0 aliphatic rings. The molecule has 0 aliphatic carbocycles. The highest BCUT2D eigenvalue weighted by Crippen LogP contribution is 2.14. The molecule has 0 fully saturated rings. The second-order valence-electron chi connectivity index (χ2n) is 4.45. The van der Waals surface area contributed by atoms with Gasteiger partial charge in [0.15, 0.2) is 0 Å². The fourth-order valence-electron chi connectivity index (χ4n) is 1.50. The normalized spacial score (nSPS) is 11.8. The first kappa shape index (κ1) is 14.9. The van der Waals surface area contributed by atoms with Crippen molar-refractivity contribution in [3.05, 3.63) is 24.5 Å². The van der Waals surface area contributed by atoms with Gasteiger partial charge in [-0.15, -0.1) is 0 Å². The Morgan fingerprint density at radius 3 is 2.50 bits per heavy atom. The molecule has 102 valence electrons. The summed E-state index contributed by atoms with van der Waals surface area (Å²) in [5.41, 5.74) is 0.641. The lowest BCUT2D eigenvalue weighted by molar-refractivity contribution is 0.568. The Kier molecular flexibility index (Phi) is 5.55. The van der Waals surface area contributed by atoms with Gasteiger partial charge in [0, 0.05) is 25.5 Å². The Morgan fingerprint density at radius 2 is 1.94 bits per heavy atom. The fourth-order valence-corrected chi connectivity index (χ4v) is 2.72. The number of anilines is 1. The van der Waals surface area contributed by atoms with Crippen molar-refractivity contribution in [2.45, 2.75) is 26.3 Å². The molecule has 6 heteroatoms. The maximum atomic E-state index is 12.1. The Balaban J connectivity index is 2.53. The van der Waals surface area contributed by atoms with E-state index >= 15 is 0 Å². The highest BCUT2D eigenvalue weighted by atomic mass is 32.2. The van der Waals surface area contributed by atoms with E-state index in [0.717, 1.165) is 0 Å². The van der Waals surface area contributed by atoms with Crippen molar-refractivity contribution < 1.29 is 8.42 Å². The van der Waals surface area contributed by atoms with Crippen LogP contribution in [0, 0.1) is 0 Å². The summed E-state index contributed by atoms with van der Waals surface area (Å²) in [5.74, 6) is 0.144. The molecule has 0 aromatic carbocycles. The van der Waals surface area contributed by atoms with E-state index in [-0.39, 0.29) is 5.75 Å². The van der Waals surface area contributed by atoms with Gasteiger partial charge < -0.3 is 5.32 Å². The van der Waals surface area contributed by atoms with Crippen LogP contribution in [0.3, 0.4) is 0 Å². The first-order valence-electron chi connectivity index (χ1n) is 6.03. The highest BCUT2D eigenvalue weighted by Gasteiger charge is 2.17. The largest absolute Gasteiger partial charge is 0.314 e. The predicted molar refractivity (Wildman–Crippen MR) is 74.2 cm³/mol. The number of nitrogens with one attached hydrogen (secondary N) is 1. The average Bonchev–Trinajstić information content (AvgIpc) is 2.34. The van der Waals surface area contributed by atoms with E-state index in [2.05, 4.69) is 10.3 Å². The summed E-state index contributed by atoms with van der Waals surface area (Å²) in [6.45, 7) is 4.79. The van der Waals surface area contributed by atoms with E-state index in [4.69, 9.17) is 0 Å². The number of pyridine rings is 1. The lowest BCUT2D eigenvalue weighted by Crippen LogP contribution is -2.31. The summed E-state index contributed by atoms with van der Waals surface area (Å²) in [7, 11) is -1.68. The van der Waals surface area contributed by atoms with E-state index in [0.29, 0.717) is 24.7 Å². The third kappa shape index (κ3) is 4.62. The maximum Gasteiger partial charge on any atom is 0.234 e. The van der Waals surface area contributed by atoms with E-state index in [1.807, 2.05) is 13.8 Å². The zero-order valence-corrected chi connectivity index (χ0v) is 11.9. The van der Waals surface area contributed by atoms with Crippen LogP contribution in [-0.4, -0.2) is 38.8 Å². The topological polar surface area (TPSA) is 62.3 Å². The second kappa shape index (κ2) is 6.70. The zero-order chi connectivity index (χ0) is 13.6. The van der Waals surface area contributed by atoms with Crippen molar-refractivity contribution in [3.63, 3.8) is 0 Å².